The van der Waals surface area contributed by atoms with Gasteiger partial charge in [-0.25, -0.2) is 4.98 Å². The minimum absolute atomic E-state index is 0.728. The first-order valence-corrected chi connectivity index (χ1v) is 11.4. The molecule has 4 heterocycles. The molecule has 0 aliphatic heterocycles. The molecule has 7 heteroatoms. The van der Waals surface area contributed by atoms with Gasteiger partial charge < -0.3 is 10.3 Å². The zero-order valence-corrected chi connectivity index (χ0v) is 18.7. The zero-order valence-electron chi connectivity index (χ0n) is 18.7. The average molecular weight is 446 g/mol. The van der Waals surface area contributed by atoms with Crippen molar-refractivity contribution in [1.29, 1.82) is 0 Å². The molecule has 0 radical (unpaired) electrons. The molecule has 2 aromatic carbocycles. The van der Waals surface area contributed by atoms with Crippen LogP contribution >= 0.6 is 0 Å². The van der Waals surface area contributed by atoms with Gasteiger partial charge in [-0.15, -0.1) is 0 Å². The maximum Gasteiger partial charge on any atom is 0.159 e. The molecule has 0 unspecified atom stereocenters. The maximum absolute atomic E-state index is 4.94. The Labute approximate surface area is 196 Å². The van der Waals surface area contributed by atoms with Crippen LogP contribution in [0.1, 0.15) is 13.3 Å². The molecule has 0 spiro atoms. The van der Waals surface area contributed by atoms with E-state index in [9.17, 15) is 0 Å². The standard InChI is InChI=1S/C27H23N7/c1-2-10-30-20-12-19(15-29-16-20)17-8-9-23-22(13-17)26(34-33-23)27-31-24-7-3-6-21(25(24)32-27)18-5-4-11-28-14-18/h3-9,11-16,30H,2,10H2,1H3,(H,31,32)(H,33,34). The Kier molecular flexibility index (Phi) is 4.99. The van der Waals surface area contributed by atoms with Crippen LogP contribution in [-0.2, 0) is 0 Å². The van der Waals surface area contributed by atoms with E-state index in [0.29, 0.717) is 0 Å². The van der Waals surface area contributed by atoms with Gasteiger partial charge in [-0.05, 0) is 42.3 Å². The summed E-state index contributed by atoms with van der Waals surface area (Å²) in [5, 5.41) is 12.2. The first-order chi connectivity index (χ1) is 16.8. The summed E-state index contributed by atoms with van der Waals surface area (Å²) in [7, 11) is 0. The third-order valence-corrected chi connectivity index (χ3v) is 5.92. The average Bonchev–Trinajstić information content (AvgIpc) is 3.51. The molecule has 34 heavy (non-hydrogen) atoms. The fourth-order valence-electron chi connectivity index (χ4n) is 4.24. The predicted molar refractivity (Wildman–Crippen MR) is 136 cm³/mol. The molecule has 6 rings (SSSR count). The van der Waals surface area contributed by atoms with Crippen molar-refractivity contribution in [3.05, 3.63) is 79.4 Å². The lowest BCUT2D eigenvalue weighted by atomic mass is 10.0. The Hall–Kier alpha value is -4.52. The van der Waals surface area contributed by atoms with Crippen LogP contribution in [-0.4, -0.2) is 36.7 Å². The normalized spacial score (nSPS) is 11.3. The lowest BCUT2D eigenvalue weighted by Gasteiger charge is -2.07. The van der Waals surface area contributed by atoms with E-state index in [1.54, 1.807) is 6.20 Å². The summed E-state index contributed by atoms with van der Waals surface area (Å²) in [5.74, 6) is 0.728. The molecule has 0 saturated carbocycles. The number of rotatable bonds is 6. The molecule has 0 bridgehead atoms. The summed E-state index contributed by atoms with van der Waals surface area (Å²) < 4.78 is 0. The van der Waals surface area contributed by atoms with Crippen LogP contribution in [0.5, 0.6) is 0 Å². The lowest BCUT2D eigenvalue weighted by Crippen LogP contribution is -1.99. The smallest absolute Gasteiger partial charge is 0.159 e. The predicted octanol–water partition coefficient (Wildman–Crippen LogP) is 6.05. The minimum atomic E-state index is 0.728. The molecule has 166 valence electrons. The first kappa shape index (κ1) is 20.1. The number of nitrogens with one attached hydrogen (secondary N) is 3. The van der Waals surface area contributed by atoms with Crippen LogP contribution in [0.25, 0.3) is 55.7 Å². The fourth-order valence-corrected chi connectivity index (χ4v) is 4.24. The molecule has 0 amide bonds. The van der Waals surface area contributed by atoms with E-state index in [1.807, 2.05) is 42.9 Å². The molecule has 7 nitrogen and oxygen atoms in total. The summed E-state index contributed by atoms with van der Waals surface area (Å²) in [6, 6.07) is 18.5. The van der Waals surface area contributed by atoms with Crippen molar-refractivity contribution in [2.24, 2.45) is 0 Å². The number of benzene rings is 2. The van der Waals surface area contributed by atoms with Gasteiger partial charge >= 0.3 is 0 Å². The number of hydrogen-bond donors (Lipinski definition) is 3. The number of fused-ring (bicyclic) bond motifs is 2. The monoisotopic (exact) mass is 445 g/mol. The molecule has 0 atom stereocenters. The minimum Gasteiger partial charge on any atom is -0.384 e. The first-order valence-electron chi connectivity index (χ1n) is 11.4. The molecule has 6 aromatic rings. The summed E-state index contributed by atoms with van der Waals surface area (Å²) in [6.07, 6.45) is 8.44. The van der Waals surface area contributed by atoms with Crippen molar-refractivity contribution < 1.29 is 0 Å². The number of nitrogens with zero attached hydrogens (tertiary/aromatic N) is 4. The van der Waals surface area contributed by atoms with Crippen molar-refractivity contribution in [3.63, 3.8) is 0 Å². The molecule has 4 aromatic heterocycles. The highest BCUT2D eigenvalue weighted by Gasteiger charge is 2.16. The van der Waals surface area contributed by atoms with Crippen LogP contribution in [0.3, 0.4) is 0 Å². The van der Waals surface area contributed by atoms with E-state index in [0.717, 1.165) is 74.4 Å². The third-order valence-electron chi connectivity index (χ3n) is 5.92. The van der Waals surface area contributed by atoms with E-state index >= 15 is 0 Å². The van der Waals surface area contributed by atoms with Gasteiger partial charge in [0.25, 0.3) is 0 Å². The molecular weight excluding hydrogens is 422 g/mol. The van der Waals surface area contributed by atoms with Crippen molar-refractivity contribution in [2.75, 3.05) is 11.9 Å². The zero-order chi connectivity index (χ0) is 22.9. The Morgan fingerprint density at radius 3 is 2.68 bits per heavy atom. The van der Waals surface area contributed by atoms with E-state index in [-0.39, 0.29) is 0 Å². The second-order valence-electron chi connectivity index (χ2n) is 8.25. The largest absolute Gasteiger partial charge is 0.384 e. The van der Waals surface area contributed by atoms with E-state index in [2.05, 4.69) is 67.7 Å². The summed E-state index contributed by atoms with van der Waals surface area (Å²) in [5.41, 5.74) is 8.83. The molecule has 0 fully saturated rings. The second-order valence-corrected chi connectivity index (χ2v) is 8.25. The van der Waals surface area contributed by atoms with Gasteiger partial charge in [0.15, 0.2) is 5.82 Å². The Morgan fingerprint density at radius 1 is 0.853 bits per heavy atom. The lowest BCUT2D eigenvalue weighted by molar-refractivity contribution is 0.978. The quantitative estimate of drug-likeness (QED) is 0.290. The van der Waals surface area contributed by atoms with Crippen LogP contribution in [0, 0.1) is 0 Å². The molecule has 0 aliphatic carbocycles. The number of aromatic nitrogens is 6. The van der Waals surface area contributed by atoms with Crippen LogP contribution in [0.15, 0.2) is 79.4 Å². The number of aromatic amines is 2. The summed E-state index contributed by atoms with van der Waals surface area (Å²) in [4.78, 5) is 17.1. The highest BCUT2D eigenvalue weighted by molar-refractivity contribution is 5.98. The second kappa shape index (κ2) is 8.44. The van der Waals surface area contributed by atoms with Crippen molar-refractivity contribution in [1.82, 2.24) is 30.1 Å². The highest BCUT2D eigenvalue weighted by Crippen LogP contribution is 2.33. The van der Waals surface area contributed by atoms with Gasteiger partial charge in [-0.1, -0.05) is 31.2 Å². The summed E-state index contributed by atoms with van der Waals surface area (Å²) >= 11 is 0. The number of imidazole rings is 1. The van der Waals surface area contributed by atoms with E-state index in [1.165, 1.54) is 0 Å². The molecule has 0 saturated heterocycles. The third kappa shape index (κ3) is 3.57. The van der Waals surface area contributed by atoms with Crippen molar-refractivity contribution >= 4 is 27.6 Å². The number of pyridine rings is 2. The molecule has 3 N–H and O–H groups in total. The number of para-hydroxylation sites is 1. The van der Waals surface area contributed by atoms with Crippen LogP contribution in [0.2, 0.25) is 0 Å². The Morgan fingerprint density at radius 2 is 1.79 bits per heavy atom. The van der Waals surface area contributed by atoms with Gasteiger partial charge in [0.05, 0.1) is 22.2 Å². The van der Waals surface area contributed by atoms with Crippen LogP contribution in [0.4, 0.5) is 5.69 Å². The van der Waals surface area contributed by atoms with E-state index < -0.39 is 0 Å². The number of H-pyrrole nitrogens is 2. The number of hydrogen-bond acceptors (Lipinski definition) is 5. The maximum atomic E-state index is 4.94. The van der Waals surface area contributed by atoms with Crippen molar-refractivity contribution in [2.45, 2.75) is 13.3 Å². The number of anilines is 1. The molecule has 0 aliphatic rings. The highest BCUT2D eigenvalue weighted by atomic mass is 15.1. The Balaban J connectivity index is 1.44. The van der Waals surface area contributed by atoms with E-state index in [4.69, 9.17) is 4.98 Å². The SMILES string of the molecule is CCCNc1cncc(-c2ccc3[nH]nc(-c4nc5c(-c6cccnc6)cccc5[nH]4)c3c2)c1. The van der Waals surface area contributed by atoms with Gasteiger partial charge in [-0.2, -0.15) is 5.10 Å². The fraction of sp³-hybridized carbons (Fsp3) is 0.111. The van der Waals surface area contributed by atoms with Gasteiger partial charge in [0.2, 0.25) is 0 Å². The molecular formula is C27H23N7. The van der Waals surface area contributed by atoms with Crippen molar-refractivity contribution in [3.8, 4) is 33.8 Å². The van der Waals surface area contributed by atoms with Gasteiger partial charge in [0.1, 0.15) is 5.69 Å². The van der Waals surface area contributed by atoms with Gasteiger partial charge in [-0.3, -0.25) is 15.1 Å². The van der Waals surface area contributed by atoms with Crippen LogP contribution < -0.4 is 5.32 Å². The summed E-state index contributed by atoms with van der Waals surface area (Å²) in [6.45, 7) is 3.07. The van der Waals surface area contributed by atoms with Gasteiger partial charge in [0, 0.05) is 53.4 Å². The topological polar surface area (TPSA) is 95.2 Å². The Bertz CT molecular complexity index is 1600.